The van der Waals surface area contributed by atoms with Crippen LogP contribution in [0.4, 0.5) is 52.7 Å². The van der Waals surface area contributed by atoms with Gasteiger partial charge in [0.25, 0.3) is 0 Å². The minimum absolute atomic E-state index is 0.227. The molecule has 17 heteroatoms. The molecule has 0 aromatic heterocycles. The summed E-state index contributed by atoms with van der Waals surface area (Å²) in [6, 6.07) is 4.89. The summed E-state index contributed by atoms with van der Waals surface area (Å²) in [5.74, 6) is -21.4. The summed E-state index contributed by atoms with van der Waals surface area (Å²) in [7, 11) is -2.33. The summed E-state index contributed by atoms with van der Waals surface area (Å²) >= 11 is 0. The van der Waals surface area contributed by atoms with E-state index in [0.29, 0.717) is 62.8 Å². The zero-order valence-electron chi connectivity index (χ0n) is 33.1. The van der Waals surface area contributed by atoms with E-state index in [0.717, 1.165) is 50.7 Å². The topological polar surface area (TPSA) is 27.7 Å². The third-order valence-electron chi connectivity index (χ3n) is 10.1. The van der Waals surface area contributed by atoms with Gasteiger partial charge in [-0.15, -0.1) is 12.1 Å². The van der Waals surface area contributed by atoms with Gasteiger partial charge in [-0.05, 0) is 27.2 Å². The molecule has 0 radical (unpaired) electrons. The van der Waals surface area contributed by atoms with E-state index in [1.54, 1.807) is 0 Å². The van der Waals surface area contributed by atoms with Crippen molar-refractivity contribution in [2.75, 3.05) is 19.6 Å². The molecule has 4 aromatic carbocycles. The summed E-state index contributed by atoms with van der Waals surface area (Å²) in [4.78, 5) is 0. The second kappa shape index (κ2) is 23.3. The van der Waals surface area contributed by atoms with Crippen LogP contribution in [0.3, 0.4) is 0 Å². The molecule has 0 spiro atoms. The van der Waals surface area contributed by atoms with Crippen LogP contribution in [0.1, 0.15) is 104 Å². The highest BCUT2D eigenvalue weighted by Gasteiger charge is 2.42. The molecule has 0 N–H and O–H groups in total. The van der Waals surface area contributed by atoms with Gasteiger partial charge in [-0.2, -0.15) is 6.07 Å². The first-order chi connectivity index (χ1) is 28.0. The smallest absolute Gasteiger partial charge is 0.489 e. The maximum Gasteiger partial charge on any atom is 0.864 e. The third kappa shape index (κ3) is 13.2. The molecule has 0 bridgehead atoms. The molecule has 0 amide bonds. The highest BCUT2D eigenvalue weighted by molar-refractivity contribution is 6.39. The second-order valence-corrected chi connectivity index (χ2v) is 13.7. The van der Waals surface area contributed by atoms with E-state index < -0.39 is 100 Å². The first-order valence-corrected chi connectivity index (χ1v) is 19.4. The number of hydrogen-bond acceptors (Lipinski definition) is 3. The fourth-order valence-electron chi connectivity index (χ4n) is 6.70. The minimum atomic E-state index is -2.33. The van der Waals surface area contributed by atoms with E-state index in [1.165, 1.54) is 12.8 Å². The lowest BCUT2D eigenvalue weighted by molar-refractivity contribution is -0.953. The number of benzene rings is 4. The molecule has 324 valence electrons. The fourth-order valence-corrected chi connectivity index (χ4v) is 6.70. The average molecular weight is 852 g/mol. The largest absolute Gasteiger partial charge is 0.864 e. The van der Waals surface area contributed by atoms with Crippen molar-refractivity contribution in [1.82, 2.24) is 0 Å². The van der Waals surface area contributed by atoms with Gasteiger partial charge in [0.05, 0.1) is 31.0 Å². The Morgan fingerprint density at radius 2 is 0.864 bits per heavy atom. The quantitative estimate of drug-likeness (QED) is 0.0209. The molecule has 0 aliphatic rings. The van der Waals surface area contributed by atoms with E-state index in [4.69, 9.17) is 14.0 Å². The van der Waals surface area contributed by atoms with E-state index >= 15 is 8.78 Å². The molecule has 0 saturated heterocycles. The Morgan fingerprint density at radius 3 is 1.27 bits per heavy atom. The molecule has 0 fully saturated rings. The predicted octanol–water partition coefficient (Wildman–Crippen LogP) is 13.2. The summed E-state index contributed by atoms with van der Waals surface area (Å²) in [5, 5.41) is 0. The van der Waals surface area contributed by atoms with E-state index in [1.807, 2.05) is 20.8 Å². The molecule has 1 atom stereocenters. The van der Waals surface area contributed by atoms with Crippen LogP contribution in [0.15, 0.2) is 42.5 Å². The lowest BCUT2D eigenvalue weighted by Crippen LogP contribution is -2.51. The van der Waals surface area contributed by atoms with Crippen LogP contribution in [-0.2, 0) is 0 Å². The molecule has 59 heavy (non-hydrogen) atoms. The maximum absolute atomic E-state index is 16.0. The van der Waals surface area contributed by atoms with Crippen LogP contribution in [0.2, 0.25) is 0 Å². The van der Waals surface area contributed by atoms with Crippen molar-refractivity contribution in [1.29, 1.82) is 0 Å². The van der Waals surface area contributed by atoms with Gasteiger partial charge in [-0.3, -0.25) is 8.78 Å². The SMILES string of the molecule is CCCCCCCCCCCC(c1c(OB(Oc2cc(F)c(F)c(F)c2)Oc2cc(F)c(F)c(F)c2)cc(F)c(F)c1F)[N+](CC)(CC)CC.Fc1c[c-]cc(F)c1F. The van der Waals surface area contributed by atoms with Gasteiger partial charge in [0, 0.05) is 48.4 Å². The fraction of sp³-hybridized carbons (Fsp3) is 0.429. The minimum Gasteiger partial charge on any atom is -0.489 e. The first-order valence-electron chi connectivity index (χ1n) is 19.4. The van der Waals surface area contributed by atoms with Gasteiger partial charge in [0.1, 0.15) is 23.3 Å². The number of nitrogens with zero attached hydrogens (tertiary/aromatic N) is 1. The predicted molar refractivity (Wildman–Crippen MR) is 198 cm³/mol. The summed E-state index contributed by atoms with van der Waals surface area (Å²) < 4.78 is 182. The van der Waals surface area contributed by atoms with Crippen molar-refractivity contribution in [3.63, 3.8) is 0 Å². The Kier molecular flexibility index (Phi) is 19.3. The molecule has 0 heterocycles. The molecular formula is C42H46BF12NO3. The summed E-state index contributed by atoms with van der Waals surface area (Å²) in [5.41, 5.74) is -0.376. The molecular weight excluding hydrogens is 805 g/mol. The maximum atomic E-state index is 16.0. The van der Waals surface area contributed by atoms with Crippen LogP contribution in [0, 0.1) is 75.9 Å². The van der Waals surface area contributed by atoms with E-state index in [2.05, 4.69) is 13.0 Å². The summed E-state index contributed by atoms with van der Waals surface area (Å²) in [6.07, 6.45) is 9.40. The van der Waals surface area contributed by atoms with Crippen molar-refractivity contribution in [2.45, 2.75) is 97.9 Å². The van der Waals surface area contributed by atoms with Crippen LogP contribution in [0.5, 0.6) is 17.2 Å². The van der Waals surface area contributed by atoms with Gasteiger partial charge in [0.2, 0.25) is 0 Å². The Morgan fingerprint density at radius 1 is 0.475 bits per heavy atom. The monoisotopic (exact) mass is 851 g/mol. The Bertz CT molecular complexity index is 1830. The van der Waals surface area contributed by atoms with Crippen molar-refractivity contribution in [2.24, 2.45) is 0 Å². The standard InChI is InChI=1S/C36H44BF9NO3.C6H2F3/c1-5-9-10-11-12-13-14-15-16-17-30(47(6-2,7-3)8-4)32-31(22-29(42)35(45)36(32)46)50-37(48-23-18-25(38)33(43)26(39)19-23)49-24-20-27(40)34(44)28(41)21-24;7-4-2-1-3-5(8)6(4)9/h18-22,30H,5-17H2,1-4H3;2-3H/q+1;-1. The van der Waals surface area contributed by atoms with E-state index in [-0.39, 0.29) is 10.0 Å². The molecule has 0 aliphatic heterocycles. The van der Waals surface area contributed by atoms with Gasteiger partial charge in [0.15, 0.2) is 52.4 Å². The van der Waals surface area contributed by atoms with Gasteiger partial charge in [-0.25, -0.2) is 43.9 Å². The van der Waals surface area contributed by atoms with Crippen LogP contribution in [0.25, 0.3) is 0 Å². The Balaban J connectivity index is 0.000000909. The van der Waals surface area contributed by atoms with Crippen molar-refractivity contribution < 1.29 is 71.1 Å². The van der Waals surface area contributed by atoms with E-state index in [9.17, 15) is 43.9 Å². The zero-order valence-corrected chi connectivity index (χ0v) is 33.1. The Labute approximate surface area is 336 Å². The third-order valence-corrected chi connectivity index (χ3v) is 10.1. The number of halogens is 12. The average Bonchev–Trinajstić information content (AvgIpc) is 3.20. The number of rotatable bonds is 21. The highest BCUT2D eigenvalue weighted by Crippen LogP contribution is 2.42. The Hall–Kier alpha value is -4.54. The molecule has 0 saturated carbocycles. The molecule has 4 nitrogen and oxygen atoms in total. The van der Waals surface area contributed by atoms with Crippen LogP contribution in [-0.4, -0.2) is 31.4 Å². The highest BCUT2D eigenvalue weighted by atomic mass is 19.2. The number of quaternary nitrogens is 1. The zero-order chi connectivity index (χ0) is 43.9. The van der Waals surface area contributed by atoms with Gasteiger partial charge < -0.3 is 18.4 Å². The lowest BCUT2D eigenvalue weighted by atomic mass is 9.93. The van der Waals surface area contributed by atoms with Crippen molar-refractivity contribution >= 4 is 7.32 Å². The lowest BCUT2D eigenvalue weighted by Gasteiger charge is -2.44. The van der Waals surface area contributed by atoms with Crippen LogP contribution >= 0.6 is 0 Å². The van der Waals surface area contributed by atoms with Gasteiger partial charge >= 0.3 is 7.32 Å². The normalized spacial score (nSPS) is 11.9. The molecule has 0 aliphatic carbocycles. The number of unbranched alkanes of at least 4 members (excludes halogenated alkanes) is 8. The first kappa shape index (κ1) is 48.8. The van der Waals surface area contributed by atoms with Crippen molar-refractivity contribution in [3.05, 3.63) is 124 Å². The molecule has 1 unspecified atom stereocenters. The molecule has 4 aromatic rings. The second-order valence-electron chi connectivity index (χ2n) is 13.7. The number of hydrogen-bond donors (Lipinski definition) is 0. The van der Waals surface area contributed by atoms with Crippen LogP contribution < -0.4 is 14.0 Å². The molecule has 4 rings (SSSR count). The summed E-state index contributed by atoms with van der Waals surface area (Å²) in [6.45, 7) is 9.16. The van der Waals surface area contributed by atoms with Gasteiger partial charge in [-0.1, -0.05) is 58.3 Å². The van der Waals surface area contributed by atoms with Crippen molar-refractivity contribution in [3.8, 4) is 17.2 Å².